The second kappa shape index (κ2) is 5.22. The summed E-state index contributed by atoms with van der Waals surface area (Å²) in [5.74, 6) is 0.672. The van der Waals surface area contributed by atoms with Crippen molar-refractivity contribution in [2.24, 2.45) is 0 Å². The van der Waals surface area contributed by atoms with Crippen molar-refractivity contribution in [2.75, 3.05) is 5.32 Å². The van der Waals surface area contributed by atoms with Gasteiger partial charge < -0.3 is 14.9 Å². The van der Waals surface area contributed by atoms with Crippen LogP contribution in [0.4, 0.5) is 11.7 Å². The summed E-state index contributed by atoms with van der Waals surface area (Å²) >= 11 is 5.83. The van der Waals surface area contributed by atoms with Crippen LogP contribution in [0, 0.1) is 0 Å². The molecule has 0 saturated heterocycles. The molecule has 0 spiro atoms. The van der Waals surface area contributed by atoms with E-state index < -0.39 is 0 Å². The Morgan fingerprint density at radius 3 is 2.40 bits per heavy atom. The Bertz CT molecular complexity index is 708. The molecule has 0 saturated carbocycles. The van der Waals surface area contributed by atoms with E-state index in [1.54, 1.807) is 36.4 Å². The highest BCUT2D eigenvalue weighted by atomic mass is 35.5. The van der Waals surface area contributed by atoms with Gasteiger partial charge in [0.15, 0.2) is 0 Å². The van der Waals surface area contributed by atoms with Gasteiger partial charge in [-0.3, -0.25) is 0 Å². The van der Waals surface area contributed by atoms with Crippen LogP contribution in [0.3, 0.4) is 0 Å². The Kier molecular flexibility index (Phi) is 3.26. The summed E-state index contributed by atoms with van der Waals surface area (Å²) in [7, 11) is 0. The van der Waals surface area contributed by atoms with Gasteiger partial charge in [0.05, 0.1) is 0 Å². The summed E-state index contributed by atoms with van der Waals surface area (Å²) in [5, 5.41) is 16.7. The molecule has 2 N–H and O–H groups in total. The summed E-state index contributed by atoms with van der Waals surface area (Å²) in [6, 6.07) is 14.0. The molecular weight excluding hydrogens is 278 g/mol. The number of rotatable bonds is 3. The number of hydrogen-bond donors (Lipinski definition) is 2. The minimum atomic E-state index is 0.197. The fraction of sp³-hybridized carbons (Fsp3) is 0. The fourth-order valence-electron chi connectivity index (χ4n) is 1.66. The van der Waals surface area contributed by atoms with Crippen molar-refractivity contribution in [3.63, 3.8) is 0 Å². The quantitative estimate of drug-likeness (QED) is 0.716. The lowest BCUT2D eigenvalue weighted by molar-refractivity contribution is 0.435. The molecule has 100 valence electrons. The maximum atomic E-state index is 9.21. The molecular formula is C14H10ClN3O2. The van der Waals surface area contributed by atoms with Gasteiger partial charge in [-0.15, -0.1) is 0 Å². The normalized spacial score (nSPS) is 10.4. The van der Waals surface area contributed by atoms with Crippen molar-refractivity contribution in [1.82, 2.24) is 10.1 Å². The molecule has 0 atom stereocenters. The zero-order valence-electron chi connectivity index (χ0n) is 10.2. The Labute approximate surface area is 119 Å². The molecule has 1 heterocycles. The topological polar surface area (TPSA) is 71.2 Å². The van der Waals surface area contributed by atoms with Gasteiger partial charge in [-0.05, 0) is 48.5 Å². The number of nitrogens with one attached hydrogen (secondary N) is 1. The predicted molar refractivity (Wildman–Crippen MR) is 76.1 cm³/mol. The van der Waals surface area contributed by atoms with E-state index in [0.717, 1.165) is 11.3 Å². The van der Waals surface area contributed by atoms with Gasteiger partial charge in [-0.2, -0.15) is 4.98 Å². The molecule has 0 aliphatic rings. The lowest BCUT2D eigenvalue weighted by Crippen LogP contribution is -1.89. The van der Waals surface area contributed by atoms with Gasteiger partial charge in [0.1, 0.15) is 5.75 Å². The van der Waals surface area contributed by atoms with Gasteiger partial charge in [-0.25, -0.2) is 0 Å². The van der Waals surface area contributed by atoms with Crippen LogP contribution in [-0.4, -0.2) is 15.2 Å². The van der Waals surface area contributed by atoms with E-state index in [1.807, 2.05) is 12.1 Å². The van der Waals surface area contributed by atoms with Crippen LogP contribution in [0.25, 0.3) is 11.4 Å². The first-order valence-corrected chi connectivity index (χ1v) is 6.24. The molecule has 0 aliphatic heterocycles. The first-order chi connectivity index (χ1) is 9.70. The second-order valence-electron chi connectivity index (χ2n) is 4.10. The number of halogens is 1. The van der Waals surface area contributed by atoms with Crippen molar-refractivity contribution in [1.29, 1.82) is 0 Å². The van der Waals surface area contributed by atoms with Crippen LogP contribution in [0.1, 0.15) is 0 Å². The summed E-state index contributed by atoms with van der Waals surface area (Å²) < 4.78 is 5.12. The molecule has 5 nitrogen and oxygen atoms in total. The minimum Gasteiger partial charge on any atom is -0.508 e. The van der Waals surface area contributed by atoms with Gasteiger partial charge in [-0.1, -0.05) is 16.8 Å². The van der Waals surface area contributed by atoms with Crippen molar-refractivity contribution >= 4 is 23.3 Å². The van der Waals surface area contributed by atoms with E-state index in [9.17, 15) is 5.11 Å². The number of aromatic nitrogens is 2. The van der Waals surface area contributed by atoms with Gasteiger partial charge >= 0.3 is 6.01 Å². The number of phenols is 1. The minimum absolute atomic E-state index is 0.197. The first-order valence-electron chi connectivity index (χ1n) is 5.86. The van der Waals surface area contributed by atoms with Gasteiger partial charge in [0.25, 0.3) is 0 Å². The number of phenolic OH excluding ortho intramolecular Hbond substituents is 1. The number of nitrogens with zero attached hydrogens (tertiary/aromatic N) is 2. The number of benzene rings is 2. The average molecular weight is 288 g/mol. The standard InChI is InChI=1S/C14H10ClN3O2/c15-10-3-1-9(2-4-10)13-17-14(20-18-13)16-11-5-7-12(19)8-6-11/h1-8,19H,(H,16,17,18). The maximum absolute atomic E-state index is 9.21. The lowest BCUT2D eigenvalue weighted by Gasteiger charge is -1.99. The average Bonchev–Trinajstić information content (AvgIpc) is 2.91. The van der Waals surface area contributed by atoms with Crippen LogP contribution in [-0.2, 0) is 0 Å². The van der Waals surface area contributed by atoms with E-state index in [1.165, 1.54) is 0 Å². The molecule has 0 bridgehead atoms. The Morgan fingerprint density at radius 2 is 1.70 bits per heavy atom. The molecule has 3 aromatic rings. The van der Waals surface area contributed by atoms with Crippen LogP contribution in [0.15, 0.2) is 53.1 Å². The predicted octanol–water partition coefficient (Wildman–Crippen LogP) is 3.84. The highest BCUT2D eigenvalue weighted by molar-refractivity contribution is 6.30. The Hall–Kier alpha value is -2.53. The van der Waals surface area contributed by atoms with Gasteiger partial charge in [0.2, 0.25) is 5.82 Å². The van der Waals surface area contributed by atoms with E-state index in [2.05, 4.69) is 15.5 Å². The van der Waals surface area contributed by atoms with Crippen LogP contribution in [0.5, 0.6) is 5.75 Å². The molecule has 6 heteroatoms. The number of anilines is 2. The maximum Gasteiger partial charge on any atom is 0.326 e. The molecule has 0 amide bonds. The van der Waals surface area contributed by atoms with Crippen LogP contribution < -0.4 is 5.32 Å². The largest absolute Gasteiger partial charge is 0.508 e. The van der Waals surface area contributed by atoms with Crippen molar-refractivity contribution in [3.8, 4) is 17.1 Å². The van der Waals surface area contributed by atoms with Crippen LogP contribution >= 0.6 is 11.6 Å². The third kappa shape index (κ3) is 2.73. The molecule has 2 aromatic carbocycles. The smallest absolute Gasteiger partial charge is 0.326 e. The van der Waals surface area contributed by atoms with E-state index in [4.69, 9.17) is 16.1 Å². The third-order valence-corrected chi connectivity index (χ3v) is 2.90. The molecule has 20 heavy (non-hydrogen) atoms. The van der Waals surface area contributed by atoms with E-state index in [-0.39, 0.29) is 11.8 Å². The monoisotopic (exact) mass is 287 g/mol. The third-order valence-electron chi connectivity index (χ3n) is 2.65. The highest BCUT2D eigenvalue weighted by Gasteiger charge is 2.08. The molecule has 0 radical (unpaired) electrons. The summed E-state index contributed by atoms with van der Waals surface area (Å²) in [4.78, 5) is 4.23. The van der Waals surface area contributed by atoms with Gasteiger partial charge in [0, 0.05) is 16.3 Å². The van der Waals surface area contributed by atoms with Crippen molar-refractivity contribution in [2.45, 2.75) is 0 Å². The highest BCUT2D eigenvalue weighted by Crippen LogP contribution is 2.22. The first kappa shape index (κ1) is 12.5. The summed E-state index contributed by atoms with van der Waals surface area (Å²) in [6.07, 6.45) is 0. The molecule has 0 fully saturated rings. The fourth-order valence-corrected chi connectivity index (χ4v) is 1.78. The molecule has 1 aromatic heterocycles. The lowest BCUT2D eigenvalue weighted by atomic mass is 10.2. The second-order valence-corrected chi connectivity index (χ2v) is 4.54. The number of aromatic hydroxyl groups is 1. The van der Waals surface area contributed by atoms with Crippen molar-refractivity contribution < 1.29 is 9.63 Å². The zero-order chi connectivity index (χ0) is 13.9. The van der Waals surface area contributed by atoms with E-state index in [0.29, 0.717) is 10.8 Å². The van der Waals surface area contributed by atoms with E-state index >= 15 is 0 Å². The Balaban J connectivity index is 1.80. The number of hydrogen-bond acceptors (Lipinski definition) is 5. The summed E-state index contributed by atoms with van der Waals surface area (Å²) in [5.41, 5.74) is 1.56. The molecule has 0 aliphatic carbocycles. The molecule has 0 unspecified atom stereocenters. The Morgan fingerprint density at radius 1 is 1.00 bits per heavy atom. The molecule has 3 rings (SSSR count). The van der Waals surface area contributed by atoms with Crippen LogP contribution in [0.2, 0.25) is 5.02 Å². The van der Waals surface area contributed by atoms with Crippen molar-refractivity contribution in [3.05, 3.63) is 53.6 Å². The zero-order valence-corrected chi connectivity index (χ0v) is 11.0. The SMILES string of the molecule is Oc1ccc(Nc2nc(-c3ccc(Cl)cc3)no2)cc1. The summed E-state index contributed by atoms with van der Waals surface area (Å²) in [6.45, 7) is 0.